The number of aliphatic hydroxyl groups is 1. The predicted octanol–water partition coefficient (Wildman–Crippen LogP) is 9.13. The number of aliphatic hydroxyl groups excluding tert-OH is 1. The number of carbonyl (C=O) groups excluding carboxylic acids is 1. The number of esters is 1. The van der Waals surface area contributed by atoms with Gasteiger partial charge in [-0.25, -0.2) is 0 Å². The molecule has 5 unspecified atom stereocenters. The van der Waals surface area contributed by atoms with Gasteiger partial charge in [0.15, 0.2) is 0 Å². The number of allylic oxidation sites excluding steroid dienone is 1. The van der Waals surface area contributed by atoms with E-state index in [2.05, 4.69) is 40.7 Å². The number of rotatable bonds is 16. The van der Waals surface area contributed by atoms with E-state index in [0.717, 1.165) is 54.8 Å². The maximum Gasteiger partial charge on any atom is 0.329 e. The van der Waals surface area contributed by atoms with Gasteiger partial charge in [0.1, 0.15) is 6.10 Å². The number of ether oxygens (including phenoxy) is 1. The van der Waals surface area contributed by atoms with Crippen LogP contribution in [0.4, 0.5) is 0 Å². The van der Waals surface area contributed by atoms with Crippen LogP contribution in [0.1, 0.15) is 138 Å². The molecule has 4 aliphatic rings. The standard InChI is InChI=1S/C36H63O6P/c1-7-40-43(39)41-23-20-28(37)12-9-13-34(38)42-29-18-21-35(5)27(24-29)14-15-30-32-17-16-31(26(4)11-8-10-25(2)3)36(32,6)22-19-33(30)35/h14,25-26,28-33,37,39H,7-13,15-24H2,1-6H3/t26-,28?,29+,30?,31-,32?,33?,35+,36-,43?/m0/s1. The van der Waals surface area contributed by atoms with Crippen LogP contribution in [-0.4, -0.2) is 41.4 Å². The van der Waals surface area contributed by atoms with Gasteiger partial charge in [0.25, 0.3) is 0 Å². The molecule has 3 saturated carbocycles. The van der Waals surface area contributed by atoms with Crippen molar-refractivity contribution < 1.29 is 28.6 Å². The number of hydrogen-bond donors (Lipinski definition) is 2. The van der Waals surface area contributed by atoms with E-state index >= 15 is 0 Å². The average molecular weight is 623 g/mol. The summed E-state index contributed by atoms with van der Waals surface area (Å²) in [5, 5.41) is 10.2. The monoisotopic (exact) mass is 622 g/mol. The van der Waals surface area contributed by atoms with Crippen molar-refractivity contribution in [3.05, 3.63) is 11.6 Å². The molecule has 0 aromatic carbocycles. The van der Waals surface area contributed by atoms with Gasteiger partial charge >= 0.3 is 14.6 Å². The summed E-state index contributed by atoms with van der Waals surface area (Å²) < 4.78 is 16.1. The van der Waals surface area contributed by atoms with Crippen LogP contribution in [0, 0.1) is 46.3 Å². The van der Waals surface area contributed by atoms with Gasteiger partial charge in [-0.3, -0.25) is 4.79 Å². The fourth-order valence-electron chi connectivity index (χ4n) is 10.0. The summed E-state index contributed by atoms with van der Waals surface area (Å²) >= 11 is 0. The first kappa shape index (κ1) is 35.3. The maximum atomic E-state index is 12.7. The zero-order valence-electron chi connectivity index (χ0n) is 28.2. The Morgan fingerprint density at radius 2 is 1.79 bits per heavy atom. The highest BCUT2D eigenvalue weighted by molar-refractivity contribution is 7.40. The van der Waals surface area contributed by atoms with Crippen LogP contribution < -0.4 is 0 Å². The molecule has 43 heavy (non-hydrogen) atoms. The largest absolute Gasteiger partial charge is 0.462 e. The Labute approximate surface area is 264 Å². The molecular formula is C36H63O6P. The molecule has 0 saturated heterocycles. The molecule has 0 bridgehead atoms. The van der Waals surface area contributed by atoms with Crippen LogP contribution >= 0.6 is 8.60 Å². The molecule has 0 amide bonds. The van der Waals surface area contributed by atoms with E-state index < -0.39 is 14.7 Å². The first-order chi connectivity index (χ1) is 20.5. The smallest absolute Gasteiger partial charge is 0.329 e. The Morgan fingerprint density at radius 3 is 2.53 bits per heavy atom. The van der Waals surface area contributed by atoms with Gasteiger partial charge in [0, 0.05) is 12.8 Å². The summed E-state index contributed by atoms with van der Waals surface area (Å²) in [5.74, 6) is 4.87. The molecule has 4 rings (SSSR count). The second-order valence-corrected chi connectivity index (χ2v) is 16.5. The topological polar surface area (TPSA) is 85.2 Å². The summed E-state index contributed by atoms with van der Waals surface area (Å²) in [6.07, 6.45) is 17.8. The summed E-state index contributed by atoms with van der Waals surface area (Å²) in [4.78, 5) is 22.2. The Hall–Kier alpha value is -0.520. The molecule has 0 spiro atoms. The van der Waals surface area contributed by atoms with Crippen LogP contribution in [0.15, 0.2) is 11.6 Å². The molecule has 4 aliphatic carbocycles. The molecule has 0 heterocycles. The summed E-state index contributed by atoms with van der Waals surface area (Å²) in [6.45, 7) is 14.9. The summed E-state index contributed by atoms with van der Waals surface area (Å²) in [6, 6.07) is 0. The molecule has 3 fully saturated rings. The highest BCUT2D eigenvalue weighted by atomic mass is 31.2. The van der Waals surface area contributed by atoms with Gasteiger partial charge in [-0.1, -0.05) is 65.5 Å². The molecule has 0 aromatic rings. The second kappa shape index (κ2) is 15.9. The van der Waals surface area contributed by atoms with Crippen molar-refractivity contribution in [1.29, 1.82) is 0 Å². The first-order valence-electron chi connectivity index (χ1n) is 17.8. The molecule has 248 valence electrons. The molecule has 0 radical (unpaired) electrons. The third-order valence-corrected chi connectivity index (χ3v) is 13.3. The van der Waals surface area contributed by atoms with E-state index in [-0.39, 0.29) is 24.1 Å². The van der Waals surface area contributed by atoms with E-state index in [1.807, 2.05) is 0 Å². The quantitative estimate of drug-likeness (QED) is 0.101. The highest BCUT2D eigenvalue weighted by Crippen LogP contribution is 2.67. The normalized spacial score (nSPS) is 35.8. The van der Waals surface area contributed by atoms with Crippen molar-refractivity contribution >= 4 is 14.6 Å². The summed E-state index contributed by atoms with van der Waals surface area (Å²) in [5.41, 5.74) is 2.33. The van der Waals surface area contributed by atoms with Crippen molar-refractivity contribution in [3.63, 3.8) is 0 Å². The van der Waals surface area contributed by atoms with E-state index in [1.165, 1.54) is 51.4 Å². The van der Waals surface area contributed by atoms with Gasteiger partial charge in [0.2, 0.25) is 0 Å². The highest BCUT2D eigenvalue weighted by Gasteiger charge is 2.59. The minimum Gasteiger partial charge on any atom is -0.462 e. The Balaban J connectivity index is 1.24. The lowest BCUT2D eigenvalue weighted by Gasteiger charge is -2.58. The summed E-state index contributed by atoms with van der Waals surface area (Å²) in [7, 11) is -1.86. The lowest BCUT2D eigenvalue weighted by Crippen LogP contribution is -2.51. The van der Waals surface area contributed by atoms with E-state index in [0.29, 0.717) is 37.7 Å². The van der Waals surface area contributed by atoms with Crippen molar-refractivity contribution in [1.82, 2.24) is 0 Å². The number of carbonyl (C=O) groups is 1. The molecule has 2 N–H and O–H groups in total. The third kappa shape index (κ3) is 8.64. The van der Waals surface area contributed by atoms with Crippen molar-refractivity contribution in [2.45, 2.75) is 150 Å². The third-order valence-electron chi connectivity index (χ3n) is 12.4. The fraction of sp³-hybridized carbons (Fsp3) is 0.917. The van der Waals surface area contributed by atoms with Gasteiger partial charge in [0.05, 0.1) is 19.3 Å². The molecular weight excluding hydrogens is 559 g/mol. The van der Waals surface area contributed by atoms with Gasteiger partial charge < -0.3 is 23.8 Å². The zero-order chi connectivity index (χ0) is 31.2. The van der Waals surface area contributed by atoms with E-state index in [9.17, 15) is 14.8 Å². The Kier molecular flexibility index (Phi) is 13.0. The molecule has 0 aliphatic heterocycles. The van der Waals surface area contributed by atoms with E-state index in [4.69, 9.17) is 13.8 Å². The van der Waals surface area contributed by atoms with Crippen LogP contribution in [0.3, 0.4) is 0 Å². The van der Waals surface area contributed by atoms with Gasteiger partial charge in [-0.15, -0.1) is 0 Å². The van der Waals surface area contributed by atoms with Crippen molar-refractivity contribution in [2.24, 2.45) is 46.3 Å². The lowest BCUT2D eigenvalue weighted by molar-refractivity contribution is -0.151. The zero-order valence-corrected chi connectivity index (χ0v) is 29.1. The van der Waals surface area contributed by atoms with Crippen molar-refractivity contribution in [3.8, 4) is 0 Å². The van der Waals surface area contributed by atoms with Crippen LogP contribution in [0.25, 0.3) is 0 Å². The average Bonchev–Trinajstić information content (AvgIpc) is 3.30. The maximum absolute atomic E-state index is 12.7. The van der Waals surface area contributed by atoms with Gasteiger partial charge in [-0.05, 0) is 117 Å². The number of fused-ring (bicyclic) bond motifs is 5. The van der Waals surface area contributed by atoms with Crippen LogP contribution in [0.2, 0.25) is 0 Å². The molecule has 10 atom stereocenters. The second-order valence-electron chi connectivity index (χ2n) is 15.5. The molecule has 6 nitrogen and oxygen atoms in total. The molecule has 0 aromatic heterocycles. The first-order valence-corrected chi connectivity index (χ1v) is 18.9. The predicted molar refractivity (Wildman–Crippen MR) is 174 cm³/mol. The molecule has 7 heteroatoms. The lowest BCUT2D eigenvalue weighted by atomic mass is 9.47. The van der Waals surface area contributed by atoms with Crippen LogP contribution in [-0.2, 0) is 18.6 Å². The SMILES string of the molecule is CCOP(O)OCCC(O)CCCC(=O)O[C@@H]1CC[C@]2(C)C(=CCC3C2CC[C@]2(C)C3CC[C@H]2[C@@H](C)CCCC(C)C)C1. The van der Waals surface area contributed by atoms with Gasteiger partial charge in [-0.2, -0.15) is 0 Å². The van der Waals surface area contributed by atoms with Crippen LogP contribution in [0.5, 0.6) is 0 Å². The Bertz CT molecular complexity index is 923. The minimum absolute atomic E-state index is 0.0135. The van der Waals surface area contributed by atoms with Crippen molar-refractivity contribution in [2.75, 3.05) is 13.2 Å². The van der Waals surface area contributed by atoms with E-state index in [1.54, 1.807) is 12.5 Å². The minimum atomic E-state index is -1.86. The fourth-order valence-corrected chi connectivity index (χ4v) is 10.6. The Morgan fingerprint density at radius 1 is 1.00 bits per heavy atom. The number of hydrogen-bond acceptors (Lipinski definition) is 6.